The fraction of sp³-hybridized carbons (Fsp3) is 0.308. The molecule has 0 fully saturated rings. The van der Waals surface area contributed by atoms with Gasteiger partial charge in [-0.25, -0.2) is 0 Å². The van der Waals surface area contributed by atoms with Crippen molar-refractivity contribution in [2.45, 2.75) is 18.8 Å². The van der Waals surface area contributed by atoms with Crippen LogP contribution >= 0.6 is 0 Å². The van der Waals surface area contributed by atoms with Crippen molar-refractivity contribution in [3.8, 4) is 5.75 Å². The number of aliphatic carboxylic acids is 1. The third kappa shape index (κ3) is 5.75. The topological polar surface area (TPSA) is 58.6 Å². The van der Waals surface area contributed by atoms with E-state index < -0.39 is 18.4 Å². The van der Waals surface area contributed by atoms with Gasteiger partial charge in [0.05, 0.1) is 0 Å². The van der Waals surface area contributed by atoms with Crippen LogP contribution in [0.1, 0.15) is 5.56 Å². The molecule has 0 radical (unpaired) electrons. The van der Waals surface area contributed by atoms with Crippen LogP contribution < -0.4 is 10.1 Å². The summed E-state index contributed by atoms with van der Waals surface area (Å²) in [7, 11) is 0. The van der Waals surface area contributed by atoms with Gasteiger partial charge < -0.3 is 15.2 Å². The number of carboxylic acid groups (broad SMARTS) is 1. The first-order valence-electron chi connectivity index (χ1n) is 5.73. The van der Waals surface area contributed by atoms with E-state index in [1.54, 1.807) is 0 Å². The molecule has 0 aliphatic heterocycles. The summed E-state index contributed by atoms with van der Waals surface area (Å²) in [6.45, 7) is 3.79. The highest BCUT2D eigenvalue weighted by atomic mass is 19.4. The van der Waals surface area contributed by atoms with Gasteiger partial charge in [-0.3, -0.25) is 4.79 Å². The van der Waals surface area contributed by atoms with Crippen LogP contribution in [0.3, 0.4) is 0 Å². The van der Waals surface area contributed by atoms with Crippen molar-refractivity contribution >= 4 is 5.97 Å². The van der Waals surface area contributed by atoms with E-state index in [0.717, 1.165) is 12.1 Å². The van der Waals surface area contributed by atoms with E-state index >= 15 is 0 Å². The van der Waals surface area contributed by atoms with E-state index in [9.17, 15) is 18.0 Å². The molecular weight excluding hydrogens is 275 g/mol. The first-order valence-corrected chi connectivity index (χ1v) is 5.73. The Kier molecular flexibility index (Phi) is 5.57. The van der Waals surface area contributed by atoms with E-state index in [0.29, 0.717) is 12.1 Å². The summed E-state index contributed by atoms with van der Waals surface area (Å²) in [6, 6.07) is 4.26. The number of carboxylic acids is 1. The SMILES string of the molecule is C=CCN[C@@H](Cc1ccc(OC(F)(F)F)cc1)C(=O)O. The smallest absolute Gasteiger partial charge is 0.480 e. The third-order valence-corrected chi connectivity index (χ3v) is 2.40. The minimum Gasteiger partial charge on any atom is -0.480 e. The monoisotopic (exact) mass is 289 g/mol. The van der Waals surface area contributed by atoms with Crippen LogP contribution in [0.2, 0.25) is 0 Å². The van der Waals surface area contributed by atoms with E-state index in [-0.39, 0.29) is 12.2 Å². The maximum atomic E-state index is 12.0. The van der Waals surface area contributed by atoms with Gasteiger partial charge in [0, 0.05) is 6.54 Å². The fourth-order valence-corrected chi connectivity index (χ4v) is 1.54. The number of ether oxygens (including phenoxy) is 1. The molecule has 0 unspecified atom stereocenters. The van der Waals surface area contributed by atoms with Gasteiger partial charge in [-0.1, -0.05) is 18.2 Å². The lowest BCUT2D eigenvalue weighted by Gasteiger charge is -2.14. The summed E-state index contributed by atoms with van der Waals surface area (Å²) in [5.41, 5.74) is 0.587. The average Bonchev–Trinajstić information content (AvgIpc) is 2.34. The molecule has 0 aliphatic carbocycles. The zero-order valence-electron chi connectivity index (χ0n) is 10.5. The maximum absolute atomic E-state index is 12.0. The van der Waals surface area contributed by atoms with Crippen molar-refractivity contribution in [2.24, 2.45) is 0 Å². The van der Waals surface area contributed by atoms with Gasteiger partial charge in [0.25, 0.3) is 0 Å². The third-order valence-electron chi connectivity index (χ3n) is 2.40. The number of nitrogens with one attached hydrogen (secondary N) is 1. The molecular formula is C13H14F3NO3. The van der Waals surface area contributed by atoms with E-state index in [1.165, 1.54) is 18.2 Å². The Bertz CT molecular complexity index is 457. The largest absolute Gasteiger partial charge is 0.573 e. The van der Waals surface area contributed by atoms with Crippen LogP contribution in [0.15, 0.2) is 36.9 Å². The van der Waals surface area contributed by atoms with Gasteiger partial charge in [0.15, 0.2) is 0 Å². The molecule has 0 spiro atoms. The quantitative estimate of drug-likeness (QED) is 0.757. The van der Waals surface area contributed by atoms with Crippen LogP contribution in [0.5, 0.6) is 5.75 Å². The highest BCUT2D eigenvalue weighted by molar-refractivity contribution is 5.73. The second-order valence-corrected chi connectivity index (χ2v) is 3.98. The van der Waals surface area contributed by atoms with E-state index in [2.05, 4.69) is 16.6 Å². The van der Waals surface area contributed by atoms with Crippen molar-refractivity contribution in [2.75, 3.05) is 6.54 Å². The molecule has 0 heterocycles. The first kappa shape index (κ1) is 16.0. The number of alkyl halides is 3. The normalized spacial score (nSPS) is 12.8. The summed E-state index contributed by atoms with van der Waals surface area (Å²) >= 11 is 0. The summed E-state index contributed by atoms with van der Waals surface area (Å²) in [4.78, 5) is 11.0. The molecule has 1 aromatic carbocycles. The Morgan fingerprint density at radius 2 is 2.00 bits per heavy atom. The summed E-state index contributed by atoms with van der Waals surface area (Å²) in [5.74, 6) is -1.38. The lowest BCUT2D eigenvalue weighted by atomic mass is 10.1. The highest BCUT2D eigenvalue weighted by Gasteiger charge is 2.31. The number of hydrogen-bond donors (Lipinski definition) is 2. The molecule has 0 aliphatic rings. The minimum absolute atomic E-state index is 0.148. The van der Waals surface area contributed by atoms with Gasteiger partial charge in [0.1, 0.15) is 11.8 Å². The Morgan fingerprint density at radius 1 is 1.40 bits per heavy atom. The Morgan fingerprint density at radius 3 is 2.45 bits per heavy atom. The van der Waals surface area contributed by atoms with Gasteiger partial charge in [0.2, 0.25) is 0 Å². The molecule has 2 N–H and O–H groups in total. The van der Waals surface area contributed by atoms with Crippen LogP contribution in [0.25, 0.3) is 0 Å². The Balaban J connectivity index is 2.67. The summed E-state index contributed by atoms with van der Waals surface area (Å²) in [6.07, 6.45) is -3.07. The van der Waals surface area contributed by atoms with Crippen LogP contribution in [0, 0.1) is 0 Å². The van der Waals surface area contributed by atoms with Gasteiger partial charge >= 0.3 is 12.3 Å². The maximum Gasteiger partial charge on any atom is 0.573 e. The number of rotatable bonds is 7. The standard InChI is InChI=1S/C13H14F3NO3/c1-2-7-17-11(12(18)19)8-9-3-5-10(6-4-9)20-13(14,15)16/h2-6,11,17H,1,7-8H2,(H,18,19)/t11-/m0/s1. The zero-order chi connectivity index (χ0) is 15.2. The number of halogens is 3. The van der Waals surface area contributed by atoms with Crippen molar-refractivity contribution in [3.63, 3.8) is 0 Å². The fourth-order valence-electron chi connectivity index (χ4n) is 1.54. The summed E-state index contributed by atoms with van der Waals surface area (Å²) < 4.78 is 39.7. The Hall–Kier alpha value is -2.02. The molecule has 1 atom stereocenters. The molecule has 4 nitrogen and oxygen atoms in total. The van der Waals surface area contributed by atoms with Crippen LogP contribution in [0.4, 0.5) is 13.2 Å². The predicted molar refractivity (Wildman–Crippen MR) is 66.5 cm³/mol. The molecule has 0 saturated carbocycles. The van der Waals surface area contributed by atoms with Gasteiger partial charge in [-0.2, -0.15) is 0 Å². The average molecular weight is 289 g/mol. The molecule has 0 aromatic heterocycles. The first-order chi connectivity index (χ1) is 9.31. The van der Waals surface area contributed by atoms with Crippen LogP contribution in [-0.2, 0) is 11.2 Å². The lowest BCUT2D eigenvalue weighted by molar-refractivity contribution is -0.274. The molecule has 0 bridgehead atoms. The number of benzene rings is 1. The minimum atomic E-state index is -4.74. The van der Waals surface area contributed by atoms with Crippen molar-refractivity contribution in [1.29, 1.82) is 0 Å². The van der Waals surface area contributed by atoms with Gasteiger partial charge in [-0.15, -0.1) is 19.8 Å². The molecule has 20 heavy (non-hydrogen) atoms. The number of carbonyl (C=O) groups is 1. The predicted octanol–water partition coefficient (Wildman–Crippen LogP) is 2.36. The van der Waals surface area contributed by atoms with Crippen LogP contribution in [-0.4, -0.2) is 30.0 Å². The Labute approximate surface area is 113 Å². The summed E-state index contributed by atoms with van der Waals surface area (Å²) in [5, 5.41) is 11.7. The van der Waals surface area contributed by atoms with E-state index in [1.807, 2.05) is 0 Å². The van der Waals surface area contributed by atoms with Crippen molar-refractivity contribution < 1.29 is 27.8 Å². The van der Waals surface area contributed by atoms with Crippen molar-refractivity contribution in [1.82, 2.24) is 5.32 Å². The van der Waals surface area contributed by atoms with E-state index in [4.69, 9.17) is 5.11 Å². The molecule has 110 valence electrons. The van der Waals surface area contributed by atoms with Crippen molar-refractivity contribution in [3.05, 3.63) is 42.5 Å². The molecule has 0 amide bonds. The molecule has 7 heteroatoms. The second-order valence-electron chi connectivity index (χ2n) is 3.98. The van der Waals surface area contributed by atoms with Gasteiger partial charge in [-0.05, 0) is 24.1 Å². The molecule has 0 saturated heterocycles. The second kappa shape index (κ2) is 6.95. The number of hydrogen-bond acceptors (Lipinski definition) is 3. The highest BCUT2D eigenvalue weighted by Crippen LogP contribution is 2.23. The zero-order valence-corrected chi connectivity index (χ0v) is 10.5. The lowest BCUT2D eigenvalue weighted by Crippen LogP contribution is -2.38. The molecule has 1 aromatic rings. The molecule has 1 rings (SSSR count).